The van der Waals surface area contributed by atoms with Crippen LogP contribution in [0.2, 0.25) is 0 Å². The van der Waals surface area contributed by atoms with Crippen LogP contribution in [-0.2, 0) is 0 Å². The molecule has 1 saturated carbocycles. The van der Waals surface area contributed by atoms with Crippen molar-refractivity contribution in [3.05, 3.63) is 0 Å². The lowest BCUT2D eigenvalue weighted by atomic mass is 9.82. The van der Waals surface area contributed by atoms with Crippen LogP contribution in [-0.4, -0.2) is 37.6 Å². The molecule has 3 fully saturated rings. The summed E-state index contributed by atoms with van der Waals surface area (Å²) in [4.78, 5) is 2.79. The number of rotatable bonds is 4. The van der Waals surface area contributed by atoms with E-state index in [0.29, 0.717) is 5.41 Å². The zero-order valence-electron chi connectivity index (χ0n) is 12.3. The molecule has 2 heteroatoms. The number of hydrogen-bond donors (Lipinski definition) is 1. The first-order valence-corrected chi connectivity index (χ1v) is 8.15. The van der Waals surface area contributed by atoms with Crippen LogP contribution in [0.25, 0.3) is 0 Å². The fourth-order valence-corrected chi connectivity index (χ4v) is 4.55. The van der Waals surface area contributed by atoms with E-state index in [2.05, 4.69) is 24.1 Å². The van der Waals surface area contributed by atoms with Gasteiger partial charge in [0.2, 0.25) is 0 Å². The molecule has 2 heterocycles. The van der Waals surface area contributed by atoms with Gasteiger partial charge in [0.15, 0.2) is 0 Å². The third kappa shape index (κ3) is 2.22. The molecule has 1 N–H and O–H groups in total. The molecule has 1 unspecified atom stereocenters. The van der Waals surface area contributed by atoms with Gasteiger partial charge in [-0.2, -0.15) is 0 Å². The Hall–Kier alpha value is -0.0800. The van der Waals surface area contributed by atoms with E-state index in [1.165, 1.54) is 71.2 Å². The Morgan fingerprint density at radius 3 is 2.44 bits per heavy atom. The average molecular weight is 250 g/mol. The van der Waals surface area contributed by atoms with E-state index in [1.807, 2.05) is 0 Å². The van der Waals surface area contributed by atoms with Gasteiger partial charge in [-0.1, -0.05) is 13.8 Å². The normalized spacial score (nSPS) is 34.0. The highest BCUT2D eigenvalue weighted by Crippen LogP contribution is 2.59. The third-order valence-electron chi connectivity index (χ3n) is 6.45. The Bertz CT molecular complexity index is 289. The molecule has 0 radical (unpaired) electrons. The quantitative estimate of drug-likeness (QED) is 0.825. The largest absolute Gasteiger partial charge is 0.317 e. The number of nitrogens with one attached hydrogen (secondary N) is 1. The molecule has 2 nitrogen and oxygen atoms in total. The van der Waals surface area contributed by atoms with Crippen molar-refractivity contribution >= 4 is 0 Å². The number of piperidine rings is 1. The van der Waals surface area contributed by atoms with Crippen LogP contribution in [0.4, 0.5) is 0 Å². The van der Waals surface area contributed by atoms with Crippen molar-refractivity contribution in [2.75, 3.05) is 32.7 Å². The van der Waals surface area contributed by atoms with Gasteiger partial charge in [0.25, 0.3) is 0 Å². The van der Waals surface area contributed by atoms with Gasteiger partial charge in [-0.25, -0.2) is 0 Å². The van der Waals surface area contributed by atoms with Crippen molar-refractivity contribution in [1.82, 2.24) is 10.2 Å². The van der Waals surface area contributed by atoms with Crippen LogP contribution >= 0.6 is 0 Å². The van der Waals surface area contributed by atoms with E-state index in [0.717, 1.165) is 11.3 Å². The Morgan fingerprint density at radius 1 is 1.11 bits per heavy atom. The summed E-state index contributed by atoms with van der Waals surface area (Å²) in [6, 6.07) is 0. The lowest BCUT2D eigenvalue weighted by Crippen LogP contribution is -2.33. The SMILES string of the molecule is CCC1(CC)CCN(CC2CC23CCNCC3)C1. The molecule has 1 aliphatic carbocycles. The van der Waals surface area contributed by atoms with E-state index in [4.69, 9.17) is 0 Å². The van der Waals surface area contributed by atoms with Crippen LogP contribution in [0.3, 0.4) is 0 Å². The summed E-state index contributed by atoms with van der Waals surface area (Å²) in [6.45, 7) is 11.5. The summed E-state index contributed by atoms with van der Waals surface area (Å²) in [5, 5.41) is 3.51. The number of hydrogen-bond acceptors (Lipinski definition) is 2. The van der Waals surface area contributed by atoms with Gasteiger partial charge >= 0.3 is 0 Å². The molecule has 0 aromatic rings. The molecular formula is C16H30N2. The predicted octanol–water partition coefficient (Wildman–Crippen LogP) is 2.89. The molecule has 2 aliphatic heterocycles. The molecule has 2 saturated heterocycles. The van der Waals surface area contributed by atoms with Gasteiger partial charge in [-0.05, 0) is 74.9 Å². The molecule has 18 heavy (non-hydrogen) atoms. The van der Waals surface area contributed by atoms with Crippen LogP contribution in [0.5, 0.6) is 0 Å². The highest BCUT2D eigenvalue weighted by molar-refractivity contribution is 5.06. The van der Waals surface area contributed by atoms with Crippen LogP contribution in [0, 0.1) is 16.7 Å². The molecule has 0 aromatic carbocycles. The van der Waals surface area contributed by atoms with Crippen LogP contribution in [0.1, 0.15) is 52.4 Å². The summed E-state index contributed by atoms with van der Waals surface area (Å²) in [5.41, 5.74) is 1.44. The van der Waals surface area contributed by atoms with E-state index in [1.54, 1.807) is 0 Å². The van der Waals surface area contributed by atoms with Gasteiger partial charge in [0.1, 0.15) is 0 Å². The van der Waals surface area contributed by atoms with Gasteiger partial charge in [-0.15, -0.1) is 0 Å². The predicted molar refractivity (Wildman–Crippen MR) is 76.7 cm³/mol. The second-order valence-electron chi connectivity index (χ2n) is 7.21. The van der Waals surface area contributed by atoms with Gasteiger partial charge < -0.3 is 10.2 Å². The molecule has 0 aromatic heterocycles. The second-order valence-corrected chi connectivity index (χ2v) is 7.21. The standard InChI is InChI=1S/C16H30N2/c1-3-15(4-2)7-10-18(13-15)12-14-11-16(14)5-8-17-9-6-16/h14,17H,3-13H2,1-2H3. The van der Waals surface area contributed by atoms with E-state index in [9.17, 15) is 0 Å². The molecule has 1 atom stereocenters. The van der Waals surface area contributed by atoms with Crippen molar-refractivity contribution in [3.8, 4) is 0 Å². The smallest absolute Gasteiger partial charge is 0.00384 e. The minimum atomic E-state index is 0.663. The lowest BCUT2D eigenvalue weighted by molar-refractivity contribution is 0.218. The fourth-order valence-electron chi connectivity index (χ4n) is 4.55. The molecule has 0 bridgehead atoms. The van der Waals surface area contributed by atoms with Gasteiger partial charge in [0, 0.05) is 13.1 Å². The first-order valence-electron chi connectivity index (χ1n) is 8.15. The van der Waals surface area contributed by atoms with Crippen molar-refractivity contribution in [3.63, 3.8) is 0 Å². The second kappa shape index (κ2) is 4.79. The zero-order chi connectivity index (χ0) is 12.6. The van der Waals surface area contributed by atoms with Crippen molar-refractivity contribution in [2.45, 2.75) is 52.4 Å². The molecule has 3 aliphatic rings. The monoisotopic (exact) mass is 250 g/mol. The topological polar surface area (TPSA) is 15.3 Å². The average Bonchev–Trinajstić information content (AvgIpc) is 2.89. The Kier molecular flexibility index (Phi) is 3.44. The van der Waals surface area contributed by atoms with Gasteiger partial charge in [0.05, 0.1) is 0 Å². The first kappa shape index (κ1) is 12.9. The highest BCUT2D eigenvalue weighted by atomic mass is 15.2. The summed E-state index contributed by atoms with van der Waals surface area (Å²) in [6.07, 6.45) is 8.60. The van der Waals surface area contributed by atoms with Crippen LogP contribution in [0.15, 0.2) is 0 Å². The van der Waals surface area contributed by atoms with E-state index < -0.39 is 0 Å². The highest BCUT2D eigenvalue weighted by Gasteiger charge is 2.54. The number of nitrogens with zero attached hydrogens (tertiary/aromatic N) is 1. The summed E-state index contributed by atoms with van der Waals surface area (Å²) < 4.78 is 0. The van der Waals surface area contributed by atoms with Gasteiger partial charge in [-0.3, -0.25) is 0 Å². The summed E-state index contributed by atoms with van der Waals surface area (Å²) >= 11 is 0. The maximum absolute atomic E-state index is 3.51. The zero-order valence-corrected chi connectivity index (χ0v) is 12.3. The van der Waals surface area contributed by atoms with Crippen molar-refractivity contribution in [2.24, 2.45) is 16.7 Å². The van der Waals surface area contributed by atoms with Crippen molar-refractivity contribution < 1.29 is 0 Å². The minimum Gasteiger partial charge on any atom is -0.317 e. The van der Waals surface area contributed by atoms with Crippen molar-refractivity contribution in [1.29, 1.82) is 0 Å². The maximum Gasteiger partial charge on any atom is 0.00384 e. The molecule has 104 valence electrons. The maximum atomic E-state index is 3.51. The summed E-state index contributed by atoms with van der Waals surface area (Å²) in [5.74, 6) is 1.03. The van der Waals surface area contributed by atoms with E-state index in [-0.39, 0.29) is 0 Å². The molecule has 0 amide bonds. The third-order valence-corrected chi connectivity index (χ3v) is 6.45. The Labute approximate surface area is 113 Å². The summed E-state index contributed by atoms with van der Waals surface area (Å²) in [7, 11) is 0. The van der Waals surface area contributed by atoms with Crippen LogP contribution < -0.4 is 5.32 Å². The fraction of sp³-hybridized carbons (Fsp3) is 1.00. The first-order chi connectivity index (χ1) is 8.72. The Balaban J connectivity index is 1.51. The minimum absolute atomic E-state index is 0.663. The van der Waals surface area contributed by atoms with E-state index >= 15 is 0 Å². The Morgan fingerprint density at radius 2 is 1.83 bits per heavy atom. The molecule has 1 spiro atoms. The molecule has 3 rings (SSSR count). The number of likely N-dealkylation sites (tertiary alicyclic amines) is 1. The molecular weight excluding hydrogens is 220 g/mol. The lowest BCUT2D eigenvalue weighted by Gasteiger charge is -2.28.